The lowest BCUT2D eigenvalue weighted by Gasteiger charge is -2.27. The lowest BCUT2D eigenvalue weighted by Crippen LogP contribution is -2.34. The number of hydrogen-bond donors (Lipinski definition) is 1. The third kappa shape index (κ3) is 3.28. The maximum Gasteiger partial charge on any atom is 0.270 e. The van der Waals surface area contributed by atoms with E-state index >= 15 is 0 Å². The number of aryl methyl sites for hydroxylation is 2. The molecular formula is C20H23N3O2. The van der Waals surface area contributed by atoms with Crippen molar-refractivity contribution in [3.63, 3.8) is 0 Å². The van der Waals surface area contributed by atoms with Gasteiger partial charge in [0.2, 0.25) is 0 Å². The minimum absolute atomic E-state index is 0.0703. The first-order chi connectivity index (χ1) is 12.0. The maximum atomic E-state index is 13.1. The van der Waals surface area contributed by atoms with E-state index in [-0.39, 0.29) is 11.9 Å². The summed E-state index contributed by atoms with van der Waals surface area (Å²) in [5, 5.41) is 1.08. The van der Waals surface area contributed by atoms with Crippen LogP contribution in [0.3, 0.4) is 0 Å². The molecule has 0 saturated carbocycles. The number of H-pyrrole nitrogens is 1. The Labute approximate surface area is 147 Å². The highest BCUT2D eigenvalue weighted by Gasteiger charge is 2.26. The molecular weight excluding hydrogens is 314 g/mol. The van der Waals surface area contributed by atoms with Gasteiger partial charge in [-0.15, -0.1) is 0 Å². The molecule has 0 bridgehead atoms. The van der Waals surface area contributed by atoms with Crippen molar-refractivity contribution >= 4 is 16.8 Å². The number of likely N-dealkylation sites (N-methyl/N-ethyl adjacent to an activating group) is 1. The van der Waals surface area contributed by atoms with Crippen LogP contribution in [-0.2, 0) is 4.74 Å². The Morgan fingerprint density at radius 1 is 1.28 bits per heavy atom. The zero-order chi connectivity index (χ0) is 18.0. The molecule has 2 heterocycles. The monoisotopic (exact) mass is 337 g/mol. The van der Waals surface area contributed by atoms with Crippen LogP contribution in [0.2, 0.25) is 0 Å². The van der Waals surface area contributed by atoms with Crippen molar-refractivity contribution in [3.05, 3.63) is 65.1 Å². The highest BCUT2D eigenvalue weighted by molar-refractivity contribution is 6.01. The molecule has 3 rings (SSSR count). The summed E-state index contributed by atoms with van der Waals surface area (Å²) in [6, 6.07) is 11.6. The van der Waals surface area contributed by atoms with E-state index in [0.29, 0.717) is 12.3 Å². The van der Waals surface area contributed by atoms with Gasteiger partial charge in [-0.05, 0) is 43.7 Å². The number of aromatic nitrogens is 2. The number of amides is 1. The molecule has 130 valence electrons. The van der Waals surface area contributed by atoms with E-state index in [9.17, 15) is 4.79 Å². The Morgan fingerprint density at radius 2 is 2.08 bits per heavy atom. The number of benzene rings is 1. The van der Waals surface area contributed by atoms with Gasteiger partial charge in [-0.25, -0.2) is 0 Å². The quantitative estimate of drug-likeness (QED) is 0.773. The molecule has 25 heavy (non-hydrogen) atoms. The first kappa shape index (κ1) is 17.2. The molecule has 5 heteroatoms. The Morgan fingerprint density at radius 3 is 2.76 bits per heavy atom. The van der Waals surface area contributed by atoms with E-state index < -0.39 is 0 Å². The Balaban J connectivity index is 1.97. The molecule has 1 atom stereocenters. The molecule has 0 saturated heterocycles. The molecule has 5 nitrogen and oxygen atoms in total. The lowest BCUT2D eigenvalue weighted by atomic mass is 10.1. The fourth-order valence-corrected chi connectivity index (χ4v) is 3.10. The van der Waals surface area contributed by atoms with Gasteiger partial charge in [0.05, 0.1) is 18.3 Å². The average Bonchev–Trinajstić information content (AvgIpc) is 2.95. The van der Waals surface area contributed by atoms with Crippen LogP contribution in [-0.4, -0.2) is 41.5 Å². The first-order valence-electron chi connectivity index (χ1n) is 8.29. The van der Waals surface area contributed by atoms with Crippen molar-refractivity contribution in [2.45, 2.75) is 19.9 Å². The maximum absolute atomic E-state index is 13.1. The number of carbonyl (C=O) groups is 1. The smallest absolute Gasteiger partial charge is 0.270 e. The summed E-state index contributed by atoms with van der Waals surface area (Å²) >= 11 is 0. The fourth-order valence-electron chi connectivity index (χ4n) is 3.10. The Bertz CT molecular complexity index is 887. The van der Waals surface area contributed by atoms with E-state index in [1.807, 2.05) is 37.3 Å². The third-order valence-electron chi connectivity index (χ3n) is 4.57. The summed E-state index contributed by atoms with van der Waals surface area (Å²) < 4.78 is 5.33. The van der Waals surface area contributed by atoms with E-state index in [1.54, 1.807) is 25.3 Å². The normalized spacial score (nSPS) is 12.3. The molecule has 1 amide bonds. The van der Waals surface area contributed by atoms with Crippen LogP contribution in [0, 0.1) is 13.8 Å². The van der Waals surface area contributed by atoms with Gasteiger partial charge < -0.3 is 14.6 Å². The molecule has 1 unspecified atom stereocenters. The number of nitrogens with one attached hydrogen (secondary N) is 1. The molecule has 1 aromatic carbocycles. The van der Waals surface area contributed by atoms with Crippen LogP contribution in [0.5, 0.6) is 0 Å². The van der Waals surface area contributed by atoms with Crippen LogP contribution in [0.15, 0.2) is 42.6 Å². The number of pyridine rings is 1. The number of ether oxygens (including phenoxy) is 1. The SMILES string of the molecule is COCC(c1ccccn1)N(C)C(=O)c1[nH]c2ccc(C)cc2c1C. The molecule has 0 fully saturated rings. The fraction of sp³-hybridized carbons (Fsp3) is 0.300. The van der Waals surface area contributed by atoms with Gasteiger partial charge in [-0.1, -0.05) is 17.7 Å². The predicted molar refractivity (Wildman–Crippen MR) is 98.7 cm³/mol. The van der Waals surface area contributed by atoms with Crippen molar-refractivity contribution < 1.29 is 9.53 Å². The van der Waals surface area contributed by atoms with Crippen LogP contribution in [0.1, 0.15) is 33.4 Å². The van der Waals surface area contributed by atoms with Gasteiger partial charge in [-0.3, -0.25) is 9.78 Å². The number of carbonyl (C=O) groups excluding carboxylic acids is 1. The molecule has 2 aromatic heterocycles. The van der Waals surface area contributed by atoms with E-state index in [1.165, 1.54) is 5.56 Å². The molecule has 0 aliphatic heterocycles. The van der Waals surface area contributed by atoms with E-state index in [2.05, 4.69) is 23.0 Å². The van der Waals surface area contributed by atoms with Gasteiger partial charge in [0.1, 0.15) is 5.69 Å². The van der Waals surface area contributed by atoms with Crippen LogP contribution < -0.4 is 0 Å². The van der Waals surface area contributed by atoms with Gasteiger partial charge >= 0.3 is 0 Å². The predicted octanol–water partition coefficient (Wildman–Crippen LogP) is 3.64. The van der Waals surface area contributed by atoms with Gasteiger partial charge in [0, 0.05) is 31.3 Å². The highest BCUT2D eigenvalue weighted by atomic mass is 16.5. The molecule has 3 aromatic rings. The average molecular weight is 337 g/mol. The second-order valence-electron chi connectivity index (χ2n) is 6.32. The van der Waals surface area contributed by atoms with Gasteiger partial charge in [-0.2, -0.15) is 0 Å². The van der Waals surface area contributed by atoms with E-state index in [4.69, 9.17) is 4.74 Å². The first-order valence-corrected chi connectivity index (χ1v) is 8.29. The van der Waals surface area contributed by atoms with Crippen molar-refractivity contribution in [3.8, 4) is 0 Å². The second-order valence-corrected chi connectivity index (χ2v) is 6.32. The van der Waals surface area contributed by atoms with Crippen LogP contribution >= 0.6 is 0 Å². The molecule has 1 N–H and O–H groups in total. The summed E-state index contributed by atoms with van der Waals surface area (Å²) in [5.41, 5.74) is 4.53. The summed E-state index contributed by atoms with van der Waals surface area (Å²) in [5.74, 6) is -0.0703. The van der Waals surface area contributed by atoms with Crippen LogP contribution in [0.4, 0.5) is 0 Å². The third-order valence-corrected chi connectivity index (χ3v) is 4.57. The Kier molecular flexibility index (Phi) is 4.86. The summed E-state index contributed by atoms with van der Waals surface area (Å²) in [6.45, 7) is 4.41. The topological polar surface area (TPSA) is 58.2 Å². The molecule has 0 radical (unpaired) electrons. The summed E-state index contributed by atoms with van der Waals surface area (Å²) in [6.07, 6.45) is 1.73. The largest absolute Gasteiger partial charge is 0.382 e. The molecule has 0 spiro atoms. The number of aromatic amines is 1. The minimum atomic E-state index is -0.244. The van der Waals surface area contributed by atoms with E-state index in [0.717, 1.165) is 22.2 Å². The molecule has 0 aliphatic rings. The van der Waals surface area contributed by atoms with Gasteiger partial charge in [0.25, 0.3) is 5.91 Å². The van der Waals surface area contributed by atoms with Crippen molar-refractivity contribution in [2.24, 2.45) is 0 Å². The van der Waals surface area contributed by atoms with Crippen molar-refractivity contribution in [1.29, 1.82) is 0 Å². The molecule has 0 aliphatic carbocycles. The number of fused-ring (bicyclic) bond motifs is 1. The highest BCUT2D eigenvalue weighted by Crippen LogP contribution is 2.26. The number of rotatable bonds is 5. The lowest BCUT2D eigenvalue weighted by molar-refractivity contribution is 0.0590. The van der Waals surface area contributed by atoms with Crippen molar-refractivity contribution in [2.75, 3.05) is 20.8 Å². The number of nitrogens with zero attached hydrogens (tertiary/aromatic N) is 2. The van der Waals surface area contributed by atoms with Crippen LogP contribution in [0.25, 0.3) is 10.9 Å². The summed E-state index contributed by atoms with van der Waals surface area (Å²) in [7, 11) is 3.42. The number of methoxy groups -OCH3 is 1. The standard InChI is InChI=1S/C20H23N3O2/c1-13-8-9-16-15(11-13)14(2)19(22-16)20(24)23(3)18(12-25-4)17-7-5-6-10-21-17/h5-11,18,22H,12H2,1-4H3. The number of hydrogen-bond acceptors (Lipinski definition) is 3. The Hall–Kier alpha value is -2.66. The van der Waals surface area contributed by atoms with Gasteiger partial charge in [0.15, 0.2) is 0 Å². The zero-order valence-corrected chi connectivity index (χ0v) is 15.0. The zero-order valence-electron chi connectivity index (χ0n) is 15.0. The summed E-state index contributed by atoms with van der Waals surface area (Å²) in [4.78, 5) is 22.5. The minimum Gasteiger partial charge on any atom is -0.382 e. The van der Waals surface area contributed by atoms with Crippen molar-refractivity contribution in [1.82, 2.24) is 14.9 Å². The second kappa shape index (κ2) is 7.07.